The highest BCUT2D eigenvalue weighted by Crippen LogP contribution is 2.26. The molecule has 0 aliphatic heterocycles. The first-order valence-corrected chi connectivity index (χ1v) is 10.7. The van der Waals surface area contributed by atoms with Crippen LogP contribution in [0.15, 0.2) is 73.1 Å². The number of rotatable bonds is 5. The number of nitrogens with zero attached hydrogens (tertiary/aromatic N) is 2. The second kappa shape index (κ2) is 7.13. The van der Waals surface area contributed by atoms with Crippen LogP contribution in [0.4, 0.5) is 5.69 Å². The van der Waals surface area contributed by atoms with Gasteiger partial charge in [-0.3, -0.25) is 4.72 Å². The van der Waals surface area contributed by atoms with Crippen molar-refractivity contribution in [2.24, 2.45) is 0 Å². The molecule has 0 aliphatic carbocycles. The number of nitrogens with one attached hydrogen (secondary N) is 1. The van der Waals surface area contributed by atoms with Gasteiger partial charge in [0.25, 0.3) is 0 Å². The SMILES string of the molecule is Cc1ccn2cc(-c3ccc(C)c(NS(=O)(=O)Cc4ccccc4)c3)nc2c1. The van der Waals surface area contributed by atoms with Crippen LogP contribution < -0.4 is 4.72 Å². The number of aromatic nitrogens is 2. The van der Waals surface area contributed by atoms with Crippen LogP contribution in [0.1, 0.15) is 16.7 Å². The first kappa shape index (κ1) is 18.3. The van der Waals surface area contributed by atoms with E-state index in [1.54, 1.807) is 12.1 Å². The Bertz CT molecular complexity index is 1250. The molecule has 4 aromatic rings. The molecule has 1 N–H and O–H groups in total. The first-order valence-electron chi connectivity index (χ1n) is 9.00. The molecule has 6 heteroatoms. The summed E-state index contributed by atoms with van der Waals surface area (Å²) in [5, 5.41) is 0. The van der Waals surface area contributed by atoms with E-state index in [4.69, 9.17) is 0 Å². The fourth-order valence-corrected chi connectivity index (χ4v) is 4.37. The van der Waals surface area contributed by atoms with E-state index < -0.39 is 10.0 Å². The normalized spacial score (nSPS) is 11.6. The van der Waals surface area contributed by atoms with E-state index in [1.165, 1.54) is 0 Å². The van der Waals surface area contributed by atoms with E-state index in [0.29, 0.717) is 5.69 Å². The summed E-state index contributed by atoms with van der Waals surface area (Å²) in [6.07, 6.45) is 3.92. The van der Waals surface area contributed by atoms with Crippen LogP contribution in [0, 0.1) is 13.8 Å². The number of benzene rings is 2. The molecule has 0 unspecified atom stereocenters. The van der Waals surface area contributed by atoms with E-state index in [-0.39, 0.29) is 5.75 Å². The molecule has 0 fully saturated rings. The van der Waals surface area contributed by atoms with E-state index in [0.717, 1.165) is 33.6 Å². The lowest BCUT2D eigenvalue weighted by molar-refractivity contribution is 0.600. The zero-order chi connectivity index (χ0) is 19.7. The quantitative estimate of drug-likeness (QED) is 0.542. The van der Waals surface area contributed by atoms with Gasteiger partial charge >= 0.3 is 0 Å². The van der Waals surface area contributed by atoms with Crippen LogP contribution in [0.5, 0.6) is 0 Å². The van der Waals surface area contributed by atoms with Crippen LogP contribution in [-0.2, 0) is 15.8 Å². The van der Waals surface area contributed by atoms with E-state index in [2.05, 4.69) is 9.71 Å². The standard InChI is InChI=1S/C22H21N3O2S/c1-16-10-11-25-14-21(23-22(25)12-16)19-9-8-17(2)20(13-19)24-28(26,27)15-18-6-4-3-5-7-18/h3-14,24H,15H2,1-2H3. The Balaban J connectivity index is 1.65. The van der Waals surface area contributed by atoms with Crippen molar-refractivity contribution in [3.63, 3.8) is 0 Å². The monoisotopic (exact) mass is 391 g/mol. The number of anilines is 1. The zero-order valence-electron chi connectivity index (χ0n) is 15.8. The molecule has 5 nitrogen and oxygen atoms in total. The number of hydrogen-bond donors (Lipinski definition) is 1. The fourth-order valence-electron chi connectivity index (χ4n) is 3.11. The largest absolute Gasteiger partial charge is 0.306 e. The predicted octanol–water partition coefficient (Wildman–Crippen LogP) is 4.56. The van der Waals surface area contributed by atoms with Crippen LogP contribution >= 0.6 is 0 Å². The minimum atomic E-state index is -3.51. The van der Waals surface area contributed by atoms with Crippen LogP contribution in [-0.4, -0.2) is 17.8 Å². The summed E-state index contributed by atoms with van der Waals surface area (Å²) in [5.41, 5.74) is 5.85. The highest BCUT2D eigenvalue weighted by atomic mass is 32.2. The van der Waals surface area contributed by atoms with E-state index in [1.807, 2.05) is 79.2 Å². The second-order valence-corrected chi connectivity index (χ2v) is 8.69. The van der Waals surface area contributed by atoms with Crippen molar-refractivity contribution in [2.45, 2.75) is 19.6 Å². The van der Waals surface area contributed by atoms with Crippen molar-refractivity contribution in [2.75, 3.05) is 4.72 Å². The average molecular weight is 391 g/mol. The molecule has 0 atom stereocenters. The molecular formula is C22H21N3O2S. The topological polar surface area (TPSA) is 63.5 Å². The predicted molar refractivity (Wildman–Crippen MR) is 113 cm³/mol. The van der Waals surface area contributed by atoms with Crippen molar-refractivity contribution in [1.82, 2.24) is 9.38 Å². The Morgan fingerprint density at radius 2 is 1.79 bits per heavy atom. The number of hydrogen-bond acceptors (Lipinski definition) is 3. The molecule has 2 heterocycles. The van der Waals surface area contributed by atoms with Gasteiger partial charge in [0.05, 0.1) is 17.1 Å². The molecular weight excluding hydrogens is 370 g/mol. The summed E-state index contributed by atoms with van der Waals surface area (Å²) in [4.78, 5) is 4.66. The molecule has 2 aromatic carbocycles. The lowest BCUT2D eigenvalue weighted by Gasteiger charge is -2.12. The van der Waals surface area contributed by atoms with Crippen LogP contribution in [0.3, 0.4) is 0 Å². The summed E-state index contributed by atoms with van der Waals surface area (Å²) >= 11 is 0. The van der Waals surface area contributed by atoms with Crippen molar-refractivity contribution < 1.29 is 8.42 Å². The molecule has 28 heavy (non-hydrogen) atoms. The number of fused-ring (bicyclic) bond motifs is 1. The third-order valence-electron chi connectivity index (χ3n) is 4.61. The summed E-state index contributed by atoms with van der Waals surface area (Å²) in [5.74, 6) is -0.0643. The lowest BCUT2D eigenvalue weighted by atomic mass is 10.1. The van der Waals surface area contributed by atoms with Crippen molar-refractivity contribution >= 4 is 21.4 Å². The van der Waals surface area contributed by atoms with Crippen molar-refractivity contribution in [1.29, 1.82) is 0 Å². The van der Waals surface area contributed by atoms with Crippen LogP contribution in [0.25, 0.3) is 16.9 Å². The molecule has 0 saturated heterocycles. The van der Waals surface area contributed by atoms with Crippen molar-refractivity contribution in [3.05, 3.63) is 89.7 Å². The number of sulfonamides is 1. The van der Waals surface area contributed by atoms with Gasteiger partial charge in [-0.05, 0) is 48.7 Å². The Kier molecular flexibility index (Phi) is 4.65. The molecule has 142 valence electrons. The molecule has 0 spiro atoms. The zero-order valence-corrected chi connectivity index (χ0v) is 16.6. The third kappa shape index (κ3) is 3.92. The highest BCUT2D eigenvalue weighted by molar-refractivity contribution is 7.91. The van der Waals surface area contributed by atoms with E-state index in [9.17, 15) is 8.42 Å². The van der Waals surface area contributed by atoms with Gasteiger partial charge in [0.15, 0.2) is 0 Å². The maximum atomic E-state index is 12.6. The van der Waals surface area contributed by atoms with Gasteiger partial charge < -0.3 is 4.40 Å². The minimum absolute atomic E-state index is 0.0643. The summed E-state index contributed by atoms with van der Waals surface area (Å²) < 4.78 is 29.9. The third-order valence-corrected chi connectivity index (χ3v) is 5.86. The number of imidazole rings is 1. The van der Waals surface area contributed by atoms with Gasteiger partial charge in [-0.1, -0.05) is 42.5 Å². The highest BCUT2D eigenvalue weighted by Gasteiger charge is 2.14. The van der Waals surface area contributed by atoms with Gasteiger partial charge in [-0.2, -0.15) is 0 Å². The Labute approximate surface area is 164 Å². The maximum Gasteiger partial charge on any atom is 0.236 e. The maximum absolute atomic E-state index is 12.6. The average Bonchev–Trinajstić information content (AvgIpc) is 3.07. The summed E-state index contributed by atoms with van der Waals surface area (Å²) in [7, 11) is -3.51. The Morgan fingerprint density at radius 1 is 1.00 bits per heavy atom. The van der Waals surface area contributed by atoms with E-state index >= 15 is 0 Å². The molecule has 4 rings (SSSR count). The molecule has 0 saturated carbocycles. The Hall–Kier alpha value is -3.12. The smallest absolute Gasteiger partial charge is 0.236 e. The Morgan fingerprint density at radius 3 is 2.57 bits per heavy atom. The van der Waals surface area contributed by atoms with Gasteiger partial charge in [-0.25, -0.2) is 13.4 Å². The molecule has 0 bridgehead atoms. The summed E-state index contributed by atoms with van der Waals surface area (Å²) in [6, 6.07) is 18.9. The fraction of sp³-hybridized carbons (Fsp3) is 0.136. The lowest BCUT2D eigenvalue weighted by Crippen LogP contribution is -2.15. The molecule has 0 amide bonds. The van der Waals surface area contributed by atoms with Crippen molar-refractivity contribution in [3.8, 4) is 11.3 Å². The first-order chi connectivity index (χ1) is 13.4. The van der Waals surface area contributed by atoms with Gasteiger partial charge in [-0.15, -0.1) is 0 Å². The van der Waals surface area contributed by atoms with Gasteiger partial charge in [0.1, 0.15) is 5.65 Å². The van der Waals surface area contributed by atoms with Crippen LogP contribution in [0.2, 0.25) is 0 Å². The summed E-state index contributed by atoms with van der Waals surface area (Å²) in [6.45, 7) is 3.91. The number of pyridine rings is 1. The molecule has 0 aliphatic rings. The molecule has 2 aromatic heterocycles. The second-order valence-electron chi connectivity index (χ2n) is 6.97. The van der Waals surface area contributed by atoms with Gasteiger partial charge in [0, 0.05) is 18.0 Å². The van der Waals surface area contributed by atoms with Gasteiger partial charge in [0.2, 0.25) is 10.0 Å². The number of aryl methyl sites for hydroxylation is 2. The molecule has 0 radical (unpaired) electrons. The minimum Gasteiger partial charge on any atom is -0.306 e.